The highest BCUT2D eigenvalue weighted by Crippen LogP contribution is 2.25. The average molecular weight is 973 g/mol. The Labute approximate surface area is 404 Å². The van der Waals surface area contributed by atoms with E-state index in [9.17, 15) is 14.4 Å². The van der Waals surface area contributed by atoms with E-state index >= 15 is 0 Å². The van der Waals surface area contributed by atoms with Gasteiger partial charge in [0, 0.05) is 50.7 Å². The first kappa shape index (κ1) is 53.9. The van der Waals surface area contributed by atoms with Gasteiger partial charge >= 0.3 is 0 Å². The number of likely N-dealkylation sites (tertiary alicyclic amines) is 1. The van der Waals surface area contributed by atoms with Crippen LogP contribution in [0.4, 0.5) is 11.6 Å². The summed E-state index contributed by atoms with van der Waals surface area (Å²) in [5.41, 5.74) is 16.2. The predicted molar refractivity (Wildman–Crippen MR) is 253 cm³/mol. The number of pyridine rings is 2. The van der Waals surface area contributed by atoms with Crippen molar-refractivity contribution < 1.29 is 40.7 Å². The van der Waals surface area contributed by atoms with E-state index < -0.39 is 5.91 Å². The van der Waals surface area contributed by atoms with E-state index in [2.05, 4.69) is 35.9 Å². The van der Waals surface area contributed by atoms with Crippen LogP contribution in [-0.2, 0) is 35.3 Å². The lowest BCUT2D eigenvalue weighted by Crippen LogP contribution is -3.00. The number of aryl methyl sites for hydroxylation is 2. The number of carbonyl (C=O) groups is 3. The Morgan fingerprint density at radius 1 is 0.692 bits per heavy atom. The molecule has 0 saturated carbocycles. The molecule has 7 N–H and O–H groups in total. The number of nitrogens with one attached hydrogen (secondary N) is 3. The van der Waals surface area contributed by atoms with E-state index in [0.717, 1.165) is 80.3 Å². The number of halogens is 4. The summed E-state index contributed by atoms with van der Waals surface area (Å²) >= 11 is 6.09. The molecule has 19 heteroatoms. The molecule has 1 fully saturated rings. The second-order valence-corrected chi connectivity index (χ2v) is 16.0. The van der Waals surface area contributed by atoms with Crippen LogP contribution in [0.15, 0.2) is 97.6 Å². The fourth-order valence-electron chi connectivity index (χ4n) is 7.75. The maximum atomic E-state index is 13.4. The number of hydrogen-bond acceptors (Lipinski definition) is 11. The minimum absolute atomic E-state index is 0. The van der Waals surface area contributed by atoms with Gasteiger partial charge in [0.05, 0.1) is 32.2 Å². The van der Waals surface area contributed by atoms with Crippen molar-refractivity contribution in [2.75, 3.05) is 63.9 Å². The normalized spacial score (nSPS) is 13.7. The van der Waals surface area contributed by atoms with Gasteiger partial charge in [-0.25, -0.2) is 9.97 Å². The molecule has 65 heavy (non-hydrogen) atoms. The van der Waals surface area contributed by atoms with Crippen LogP contribution >= 0.6 is 36.4 Å². The highest BCUT2D eigenvalue weighted by atomic mass is 35.5. The summed E-state index contributed by atoms with van der Waals surface area (Å²) in [6.07, 6.45) is 13.8. The van der Waals surface area contributed by atoms with Crippen LogP contribution in [0.1, 0.15) is 58.4 Å². The molecular formula is C46H58Cl4N10O5. The first-order valence-corrected chi connectivity index (χ1v) is 21.5. The molecule has 3 aromatic heterocycles. The van der Waals surface area contributed by atoms with Gasteiger partial charge < -0.3 is 53.8 Å². The van der Waals surface area contributed by atoms with Gasteiger partial charge in [0.2, 0.25) is 0 Å². The van der Waals surface area contributed by atoms with Crippen molar-refractivity contribution in [1.82, 2.24) is 35.9 Å². The molecule has 1 aliphatic rings. The van der Waals surface area contributed by atoms with Gasteiger partial charge in [0.1, 0.15) is 11.5 Å². The van der Waals surface area contributed by atoms with E-state index in [1.54, 1.807) is 24.8 Å². The summed E-state index contributed by atoms with van der Waals surface area (Å²) in [6, 6.07) is 23.4. The Kier molecular flexibility index (Phi) is 23.0. The molecule has 0 unspecified atom stereocenters. The zero-order chi connectivity index (χ0) is 43.6. The zero-order valence-corrected chi connectivity index (χ0v) is 39.3. The third-order valence-corrected chi connectivity index (χ3v) is 11.2. The standard InChI is InChI=1S/C46H55ClN10O5.3ClH/c47-43-45(49)56-44(48)42(55-43)46(60)54-37-10-5-27-57(30-37,25-3-8-33-11-15-38(16-12-33)61-31-40(58)52-23-19-35-6-1-21-50-28-35)26-4-9-34-13-17-39(18-14-34)62-32-41(59)53-24-20-36-7-2-22-51-29-36;;;/h1-2,6-7,11-18,21-22,28-29,37H,3-5,8-10,19-20,23-27,30-32H2,(H6-,48,49,52,53,54,56,58,59,60);3*1H/t37-;;;/m0.../s1. The monoisotopic (exact) mass is 970 g/mol. The van der Waals surface area contributed by atoms with E-state index in [-0.39, 0.29) is 90.8 Å². The zero-order valence-electron chi connectivity index (χ0n) is 36.1. The second-order valence-electron chi connectivity index (χ2n) is 15.6. The smallest absolute Gasteiger partial charge is 0.274 e. The van der Waals surface area contributed by atoms with Gasteiger partial charge in [-0.05, 0) is 97.2 Å². The topological polar surface area (TPSA) is 209 Å². The Morgan fingerprint density at radius 2 is 1.20 bits per heavy atom. The van der Waals surface area contributed by atoms with Crippen molar-refractivity contribution in [2.24, 2.45) is 0 Å². The predicted octanol–water partition coefficient (Wildman–Crippen LogP) is 2.38. The van der Waals surface area contributed by atoms with Gasteiger partial charge in [0.25, 0.3) is 17.7 Å². The van der Waals surface area contributed by atoms with E-state index in [1.807, 2.05) is 72.8 Å². The maximum Gasteiger partial charge on any atom is 0.274 e. The number of carbonyl (C=O) groups excluding carboxylic acids is 3. The quantitative estimate of drug-likeness (QED) is 0.0637. The molecule has 0 aliphatic carbocycles. The first-order valence-electron chi connectivity index (χ1n) is 21.1. The molecule has 6 rings (SSSR count). The number of hydrogen-bond donors (Lipinski definition) is 5. The van der Waals surface area contributed by atoms with Crippen LogP contribution in [-0.4, -0.2) is 101 Å². The van der Waals surface area contributed by atoms with Crippen LogP contribution in [0.2, 0.25) is 5.15 Å². The van der Waals surface area contributed by atoms with E-state index in [4.69, 9.17) is 32.5 Å². The molecule has 0 spiro atoms. The van der Waals surface area contributed by atoms with Gasteiger partial charge in [0.15, 0.2) is 35.7 Å². The molecule has 0 bridgehead atoms. The fraction of sp³-hybridized carbons (Fsp3) is 0.370. The molecule has 0 radical (unpaired) electrons. The molecule has 350 valence electrons. The average Bonchev–Trinajstić information content (AvgIpc) is 3.28. The Bertz CT molecular complexity index is 2100. The molecule has 4 heterocycles. The Hall–Kier alpha value is -5.45. The van der Waals surface area contributed by atoms with Crippen LogP contribution in [0, 0.1) is 0 Å². The SMILES string of the molecule is Cl.Cl.Nc1nc(N)c(C(=O)N[C@H]2CCC[N+](CCCc3ccc(OCC(=O)NCCc4cccnc4)cc3)(CCCc3ccc(OCC(=O)NCCc4cccnc4)cc3)C2)nc1Cl.[Cl-]. The molecule has 1 atom stereocenters. The molecule has 1 aliphatic heterocycles. The molecule has 15 nitrogen and oxygen atoms in total. The molecule has 5 aromatic rings. The van der Waals surface area contributed by atoms with Crippen LogP contribution in [0.3, 0.4) is 0 Å². The first-order chi connectivity index (χ1) is 30.1. The summed E-state index contributed by atoms with van der Waals surface area (Å²) < 4.78 is 12.4. The number of nitrogen functional groups attached to an aromatic ring is 2. The number of anilines is 2. The molecule has 1 saturated heterocycles. The number of piperidine rings is 1. The second kappa shape index (κ2) is 27.8. The van der Waals surface area contributed by atoms with Crippen molar-refractivity contribution in [3.05, 3.63) is 131 Å². The minimum Gasteiger partial charge on any atom is -1.00 e. The number of benzene rings is 2. The van der Waals surface area contributed by atoms with Crippen molar-refractivity contribution >= 4 is 65.8 Å². The summed E-state index contributed by atoms with van der Waals surface area (Å²) in [5, 5.41) is 8.88. The van der Waals surface area contributed by atoms with Crippen LogP contribution < -0.4 is 49.3 Å². The summed E-state index contributed by atoms with van der Waals surface area (Å²) in [5.74, 6) is 0.426. The highest BCUT2D eigenvalue weighted by Gasteiger charge is 2.35. The Balaban J connectivity index is 0.00000374. The van der Waals surface area contributed by atoms with Gasteiger partial charge in [-0.1, -0.05) is 48.0 Å². The summed E-state index contributed by atoms with van der Waals surface area (Å²) in [7, 11) is 0. The maximum absolute atomic E-state index is 13.4. The number of quaternary nitrogens is 1. The van der Waals surface area contributed by atoms with Crippen molar-refractivity contribution in [3.63, 3.8) is 0 Å². The lowest BCUT2D eigenvalue weighted by molar-refractivity contribution is -0.933. The lowest BCUT2D eigenvalue weighted by atomic mass is 9.99. The van der Waals surface area contributed by atoms with Crippen molar-refractivity contribution in [1.29, 1.82) is 0 Å². The number of nitrogens with zero attached hydrogens (tertiary/aromatic N) is 5. The number of amides is 3. The minimum atomic E-state index is -0.420. The largest absolute Gasteiger partial charge is 1.00 e. The van der Waals surface area contributed by atoms with Crippen molar-refractivity contribution in [3.8, 4) is 11.5 Å². The van der Waals surface area contributed by atoms with Crippen LogP contribution in [0.25, 0.3) is 0 Å². The number of rotatable bonds is 22. The van der Waals surface area contributed by atoms with Crippen LogP contribution in [0.5, 0.6) is 11.5 Å². The van der Waals surface area contributed by atoms with Gasteiger partial charge in [-0.15, -0.1) is 24.8 Å². The number of nitrogens with two attached hydrogens (primary N) is 2. The Morgan fingerprint density at radius 3 is 1.68 bits per heavy atom. The third-order valence-electron chi connectivity index (χ3n) is 10.9. The van der Waals surface area contributed by atoms with E-state index in [1.165, 1.54) is 11.1 Å². The summed E-state index contributed by atoms with van der Waals surface area (Å²) in [6.45, 7) is 4.53. The van der Waals surface area contributed by atoms with Gasteiger partial charge in [-0.3, -0.25) is 24.4 Å². The molecular weight excluding hydrogens is 914 g/mol. The van der Waals surface area contributed by atoms with Crippen molar-refractivity contribution in [2.45, 2.75) is 57.4 Å². The third kappa shape index (κ3) is 17.8. The number of ether oxygens (including phenoxy) is 2. The highest BCUT2D eigenvalue weighted by molar-refractivity contribution is 6.31. The number of aromatic nitrogens is 4. The fourth-order valence-corrected chi connectivity index (χ4v) is 7.87. The lowest BCUT2D eigenvalue weighted by Gasteiger charge is -2.45. The van der Waals surface area contributed by atoms with Gasteiger partial charge in [-0.2, -0.15) is 0 Å². The van der Waals surface area contributed by atoms with E-state index in [0.29, 0.717) is 37.4 Å². The molecule has 3 amide bonds. The summed E-state index contributed by atoms with van der Waals surface area (Å²) in [4.78, 5) is 54.4. The molecule has 2 aromatic carbocycles.